The number of ether oxygens (including phenoxy) is 3. The largest absolute Gasteiger partial charge is 0.481 e. The average Bonchev–Trinajstić information content (AvgIpc) is 3.51. The van der Waals surface area contributed by atoms with Crippen molar-refractivity contribution < 1.29 is 22.6 Å². The fraction of sp³-hybridized carbons (Fsp3) is 0.500. The van der Waals surface area contributed by atoms with Crippen LogP contribution in [-0.4, -0.2) is 70.3 Å². The summed E-state index contributed by atoms with van der Waals surface area (Å²) in [5.41, 5.74) is 0.524. The maximum atomic E-state index is 13.5. The van der Waals surface area contributed by atoms with Crippen molar-refractivity contribution in [3.63, 3.8) is 0 Å². The zero-order valence-corrected chi connectivity index (χ0v) is 21.2. The van der Waals surface area contributed by atoms with Crippen molar-refractivity contribution in [1.82, 2.24) is 29.7 Å². The number of sulfone groups is 1. The van der Waals surface area contributed by atoms with Crippen molar-refractivity contribution >= 4 is 21.4 Å². The fourth-order valence-electron chi connectivity index (χ4n) is 3.94. The number of aromatic nitrogens is 6. The Balaban J connectivity index is 1.66. The number of methoxy groups -OCH3 is 2. The monoisotopic (exact) mass is 522 g/mol. The Kier molecular flexibility index (Phi) is 7.95. The molecule has 188 valence electrons. The number of rotatable bonds is 10. The molecular weight excluding hydrogens is 496 g/mol. The van der Waals surface area contributed by atoms with Crippen LogP contribution in [0.25, 0.3) is 11.5 Å². The van der Waals surface area contributed by atoms with Crippen LogP contribution in [0.1, 0.15) is 37.5 Å². The molecule has 13 heteroatoms. The summed E-state index contributed by atoms with van der Waals surface area (Å²) in [7, 11) is -0.823. The van der Waals surface area contributed by atoms with Gasteiger partial charge in [0.05, 0.1) is 30.0 Å². The first kappa shape index (κ1) is 25.4. The minimum absolute atomic E-state index is 0.0663. The van der Waals surface area contributed by atoms with Crippen molar-refractivity contribution in [3.05, 3.63) is 47.3 Å². The number of hydrogen-bond donors (Lipinski definition) is 0. The van der Waals surface area contributed by atoms with Gasteiger partial charge in [-0.05, 0) is 25.8 Å². The third kappa shape index (κ3) is 5.77. The van der Waals surface area contributed by atoms with E-state index in [1.54, 1.807) is 29.7 Å². The van der Waals surface area contributed by atoms with E-state index >= 15 is 0 Å². The first-order valence-corrected chi connectivity index (χ1v) is 13.2. The van der Waals surface area contributed by atoms with E-state index in [0.29, 0.717) is 41.4 Å². The van der Waals surface area contributed by atoms with E-state index in [2.05, 4.69) is 25.1 Å². The first-order chi connectivity index (χ1) is 16.8. The summed E-state index contributed by atoms with van der Waals surface area (Å²) in [6.07, 6.45) is 3.67. The third-order valence-electron chi connectivity index (χ3n) is 5.87. The highest BCUT2D eigenvalue weighted by Crippen LogP contribution is 2.28. The molecule has 3 aromatic heterocycles. The Morgan fingerprint density at radius 3 is 2.66 bits per heavy atom. The molecule has 0 N–H and O–H groups in total. The van der Waals surface area contributed by atoms with E-state index in [9.17, 15) is 8.42 Å². The normalized spacial score (nSPS) is 17.9. The molecule has 3 atom stereocenters. The Bertz CT molecular complexity index is 1250. The van der Waals surface area contributed by atoms with Crippen LogP contribution in [0.4, 0.5) is 0 Å². The highest BCUT2D eigenvalue weighted by molar-refractivity contribution is 7.91. The number of pyridine rings is 1. The van der Waals surface area contributed by atoms with Crippen LogP contribution in [-0.2, 0) is 31.6 Å². The predicted octanol–water partition coefficient (Wildman–Crippen LogP) is 2.66. The molecular formula is C22H27ClN6O5S. The molecule has 1 aliphatic rings. The summed E-state index contributed by atoms with van der Waals surface area (Å²) in [5, 5.41) is 7.91. The molecule has 1 fully saturated rings. The van der Waals surface area contributed by atoms with Gasteiger partial charge >= 0.3 is 0 Å². The third-order valence-corrected chi connectivity index (χ3v) is 8.11. The van der Waals surface area contributed by atoms with E-state index in [1.807, 2.05) is 0 Å². The minimum Gasteiger partial charge on any atom is -0.481 e. The Hall–Kier alpha value is -2.67. The van der Waals surface area contributed by atoms with Crippen molar-refractivity contribution in [2.75, 3.05) is 20.8 Å². The van der Waals surface area contributed by atoms with E-state index in [1.165, 1.54) is 26.6 Å². The lowest BCUT2D eigenvalue weighted by Crippen LogP contribution is -2.30. The van der Waals surface area contributed by atoms with Gasteiger partial charge in [-0.3, -0.25) is 0 Å². The quantitative estimate of drug-likeness (QED) is 0.391. The highest BCUT2D eigenvalue weighted by Gasteiger charge is 2.35. The van der Waals surface area contributed by atoms with Gasteiger partial charge in [0.1, 0.15) is 23.4 Å². The van der Waals surface area contributed by atoms with Crippen LogP contribution in [0.15, 0.2) is 30.6 Å². The lowest BCUT2D eigenvalue weighted by molar-refractivity contribution is 0.0944. The van der Waals surface area contributed by atoms with Crippen molar-refractivity contribution in [1.29, 1.82) is 0 Å². The van der Waals surface area contributed by atoms with Gasteiger partial charge in [-0.1, -0.05) is 17.7 Å². The Labute approximate surface area is 208 Å². The molecule has 11 nitrogen and oxygen atoms in total. The number of hydrogen-bond acceptors (Lipinski definition) is 10. The van der Waals surface area contributed by atoms with E-state index in [-0.39, 0.29) is 17.7 Å². The lowest BCUT2D eigenvalue weighted by Gasteiger charge is -2.22. The predicted molar refractivity (Wildman–Crippen MR) is 128 cm³/mol. The average molecular weight is 523 g/mol. The van der Waals surface area contributed by atoms with Crippen LogP contribution < -0.4 is 4.74 Å². The van der Waals surface area contributed by atoms with Gasteiger partial charge in [0.15, 0.2) is 21.5 Å². The molecule has 0 radical (unpaired) electrons. The smallest absolute Gasteiger partial charge is 0.213 e. The lowest BCUT2D eigenvalue weighted by atomic mass is 10.2. The van der Waals surface area contributed by atoms with Gasteiger partial charge in [0, 0.05) is 32.2 Å². The van der Waals surface area contributed by atoms with Crippen molar-refractivity contribution in [2.24, 2.45) is 0 Å². The SMILES string of the molecule is COc1cccc(-c2nnc(CS(=O)(=O)[C@@H](C)[C@H](OC)c3ncc(Cl)cn3)n2C[C@@H]2CCCO2)n1. The number of halogens is 1. The maximum Gasteiger partial charge on any atom is 0.213 e. The molecule has 3 aromatic rings. The molecule has 4 heterocycles. The second-order valence-electron chi connectivity index (χ2n) is 8.18. The topological polar surface area (TPSA) is 131 Å². The molecule has 0 unspecified atom stereocenters. The highest BCUT2D eigenvalue weighted by atomic mass is 35.5. The molecule has 1 aliphatic heterocycles. The Morgan fingerprint density at radius 2 is 2.00 bits per heavy atom. The van der Waals surface area contributed by atoms with Gasteiger partial charge in [0.25, 0.3) is 0 Å². The van der Waals surface area contributed by atoms with Crippen LogP contribution in [0.3, 0.4) is 0 Å². The second-order valence-corrected chi connectivity index (χ2v) is 11.0. The van der Waals surface area contributed by atoms with E-state index < -0.39 is 21.2 Å². The molecule has 35 heavy (non-hydrogen) atoms. The Morgan fingerprint density at radius 1 is 1.23 bits per heavy atom. The summed E-state index contributed by atoms with van der Waals surface area (Å²) in [4.78, 5) is 12.7. The summed E-state index contributed by atoms with van der Waals surface area (Å²) < 4.78 is 45.2. The molecule has 0 saturated carbocycles. The first-order valence-electron chi connectivity index (χ1n) is 11.1. The molecule has 0 spiro atoms. The van der Waals surface area contributed by atoms with Crippen LogP contribution in [0.5, 0.6) is 5.88 Å². The molecule has 4 rings (SSSR count). The molecule has 0 aliphatic carbocycles. The van der Waals surface area contributed by atoms with Crippen LogP contribution >= 0.6 is 11.6 Å². The standard InChI is InChI=1S/C22H27ClN6O5S/c1-14(20(33-3)21-24-10-15(23)11-25-21)35(30,31)13-18-27-28-22(17-7-4-8-19(26-17)32-2)29(18)12-16-6-5-9-34-16/h4,7-8,10-11,14,16,20H,5-6,9,12-13H2,1-3H3/t14-,16-,20-/m0/s1. The maximum absolute atomic E-state index is 13.5. The van der Waals surface area contributed by atoms with Crippen molar-refractivity contribution in [2.45, 2.75) is 49.5 Å². The van der Waals surface area contributed by atoms with Gasteiger partial charge in [-0.2, -0.15) is 0 Å². The summed E-state index contributed by atoms with van der Waals surface area (Å²) >= 11 is 5.87. The summed E-state index contributed by atoms with van der Waals surface area (Å²) in [6, 6.07) is 5.29. The van der Waals surface area contributed by atoms with Gasteiger partial charge < -0.3 is 18.8 Å². The molecule has 0 amide bonds. The van der Waals surface area contributed by atoms with Gasteiger partial charge in [-0.15, -0.1) is 10.2 Å². The zero-order valence-electron chi connectivity index (χ0n) is 19.7. The molecule has 1 saturated heterocycles. The van der Waals surface area contributed by atoms with Crippen LogP contribution in [0, 0.1) is 0 Å². The minimum atomic E-state index is -3.77. The summed E-state index contributed by atoms with van der Waals surface area (Å²) in [5.74, 6) is 1.03. The van der Waals surface area contributed by atoms with E-state index in [4.69, 9.17) is 25.8 Å². The van der Waals surface area contributed by atoms with E-state index in [0.717, 1.165) is 12.8 Å². The van der Waals surface area contributed by atoms with Crippen LogP contribution in [0.2, 0.25) is 5.02 Å². The second kappa shape index (κ2) is 10.9. The van der Waals surface area contributed by atoms with Crippen molar-refractivity contribution in [3.8, 4) is 17.4 Å². The molecule has 0 bridgehead atoms. The number of nitrogens with zero attached hydrogens (tertiary/aromatic N) is 6. The van der Waals surface area contributed by atoms with Gasteiger partial charge in [0.2, 0.25) is 5.88 Å². The van der Waals surface area contributed by atoms with Gasteiger partial charge in [-0.25, -0.2) is 23.4 Å². The summed E-state index contributed by atoms with van der Waals surface area (Å²) in [6.45, 7) is 2.64. The fourth-order valence-corrected chi connectivity index (χ4v) is 5.49. The molecule has 0 aromatic carbocycles. The zero-order chi connectivity index (χ0) is 25.0.